The van der Waals surface area contributed by atoms with Crippen molar-refractivity contribution in [2.45, 2.75) is 77.0 Å². The normalized spacial score (nSPS) is 22.0. The first-order valence-electron chi connectivity index (χ1n) is 14.3. The number of aliphatic hydroxyl groups excluding tert-OH is 1. The average molecular weight is 645 g/mol. The Hall–Kier alpha value is -2.72. The first kappa shape index (κ1) is 34.8. The maximum absolute atomic E-state index is 14.1. The van der Waals surface area contributed by atoms with Crippen molar-refractivity contribution in [2.75, 3.05) is 44.3 Å². The fraction of sp³-hybridized carbons (Fsp3) is 0.643. The molecule has 0 spiro atoms. The Kier molecular flexibility index (Phi) is 11.6. The molecule has 13 nitrogen and oxygen atoms in total. The molecule has 2 aromatic rings. The molecule has 3 rings (SSSR count). The van der Waals surface area contributed by atoms with Crippen LogP contribution in [0.2, 0.25) is 0 Å². The van der Waals surface area contributed by atoms with Gasteiger partial charge in [0.25, 0.3) is 5.91 Å². The van der Waals surface area contributed by atoms with E-state index in [4.69, 9.17) is 14.0 Å². The molecule has 1 aromatic heterocycles. The van der Waals surface area contributed by atoms with E-state index >= 15 is 0 Å². The number of hydrogen-bond donors (Lipinski definition) is 2. The van der Waals surface area contributed by atoms with Gasteiger partial charge in [-0.1, -0.05) is 12.1 Å². The summed E-state index contributed by atoms with van der Waals surface area (Å²) in [6.45, 7) is 8.71. The first-order valence-corrected chi connectivity index (χ1v) is 17.6. The number of amides is 1. The van der Waals surface area contributed by atoms with Crippen LogP contribution in [0, 0.1) is 19.8 Å². The number of hydrogen-bond acceptors (Lipinski definition) is 10. The number of carbonyl (C=O) groups excluding carboxylic acids is 1. The number of ether oxygens (including phenoxy) is 2. The third kappa shape index (κ3) is 8.91. The highest BCUT2D eigenvalue weighted by Gasteiger charge is 2.34. The SMILES string of the molecule is Cc1noc(C)c1S(=O)(=O)N(C)C[C@H]1OCCCC[C@H](C)Oc2ccc(NS(C)(=O)=O)cc2C(=O)N([C@@H](C)CO)C[C@@H]1C. The van der Waals surface area contributed by atoms with E-state index in [9.17, 15) is 26.7 Å². The van der Waals surface area contributed by atoms with Gasteiger partial charge in [0, 0.05) is 38.3 Å². The Balaban J connectivity index is 2.00. The molecule has 0 unspecified atom stereocenters. The summed E-state index contributed by atoms with van der Waals surface area (Å²) in [5, 5.41) is 13.9. The number of nitrogens with zero attached hydrogens (tertiary/aromatic N) is 3. The average Bonchev–Trinajstić information content (AvgIpc) is 3.27. The number of fused-ring (bicyclic) bond motifs is 1. The summed E-state index contributed by atoms with van der Waals surface area (Å²) in [5.74, 6) is -0.351. The van der Waals surface area contributed by atoms with Gasteiger partial charge in [-0.25, -0.2) is 16.8 Å². The van der Waals surface area contributed by atoms with Crippen molar-refractivity contribution in [1.82, 2.24) is 14.4 Å². The second-order valence-electron chi connectivity index (χ2n) is 11.3. The fourth-order valence-electron chi connectivity index (χ4n) is 5.01. The molecule has 1 amide bonds. The molecule has 1 aliphatic heterocycles. The number of benzene rings is 1. The lowest BCUT2D eigenvalue weighted by atomic mass is 10.0. The van der Waals surface area contributed by atoms with Crippen molar-refractivity contribution in [3.63, 3.8) is 0 Å². The van der Waals surface area contributed by atoms with Gasteiger partial charge in [-0.2, -0.15) is 4.31 Å². The summed E-state index contributed by atoms with van der Waals surface area (Å²) in [7, 11) is -6.10. The zero-order valence-electron chi connectivity index (χ0n) is 25.9. The van der Waals surface area contributed by atoms with Crippen LogP contribution in [0.25, 0.3) is 0 Å². The van der Waals surface area contributed by atoms with Gasteiger partial charge < -0.3 is 24.0 Å². The molecule has 4 atom stereocenters. The zero-order chi connectivity index (χ0) is 32.1. The van der Waals surface area contributed by atoms with E-state index < -0.39 is 38.1 Å². The van der Waals surface area contributed by atoms with Crippen LogP contribution in [0.15, 0.2) is 27.6 Å². The maximum Gasteiger partial charge on any atom is 0.258 e. The number of rotatable bonds is 8. The van der Waals surface area contributed by atoms with E-state index in [0.29, 0.717) is 25.2 Å². The molecule has 15 heteroatoms. The Morgan fingerprint density at radius 1 is 1.19 bits per heavy atom. The highest BCUT2D eigenvalue weighted by molar-refractivity contribution is 7.92. The molecule has 43 heavy (non-hydrogen) atoms. The number of nitrogens with one attached hydrogen (secondary N) is 1. The molecule has 0 saturated heterocycles. The molecule has 2 heterocycles. The molecular weight excluding hydrogens is 600 g/mol. The lowest BCUT2D eigenvalue weighted by molar-refractivity contribution is -0.00835. The predicted molar refractivity (Wildman–Crippen MR) is 161 cm³/mol. The molecule has 2 N–H and O–H groups in total. The Labute approximate surface area is 254 Å². The predicted octanol–water partition coefficient (Wildman–Crippen LogP) is 2.78. The van der Waals surface area contributed by atoms with Crippen molar-refractivity contribution in [2.24, 2.45) is 5.92 Å². The molecule has 0 radical (unpaired) electrons. The summed E-state index contributed by atoms with van der Waals surface area (Å²) < 4.78 is 71.8. The van der Waals surface area contributed by atoms with E-state index in [1.165, 1.54) is 28.4 Å². The highest BCUT2D eigenvalue weighted by atomic mass is 32.2. The molecule has 1 aliphatic rings. The Morgan fingerprint density at radius 2 is 1.88 bits per heavy atom. The van der Waals surface area contributed by atoms with Gasteiger partial charge in [-0.15, -0.1) is 0 Å². The molecular formula is C28H44N4O9S2. The first-order chi connectivity index (χ1) is 20.0. The van der Waals surface area contributed by atoms with Gasteiger partial charge in [0.1, 0.15) is 16.3 Å². The minimum Gasteiger partial charge on any atom is -0.490 e. The van der Waals surface area contributed by atoms with Gasteiger partial charge >= 0.3 is 0 Å². The van der Waals surface area contributed by atoms with Crippen LogP contribution >= 0.6 is 0 Å². The van der Waals surface area contributed by atoms with Crippen molar-refractivity contribution < 1.29 is 40.7 Å². The molecule has 0 bridgehead atoms. The van der Waals surface area contributed by atoms with Crippen molar-refractivity contribution in [3.05, 3.63) is 35.2 Å². The Bertz CT molecular complexity index is 1460. The standard InChI is InChI=1S/C28H44N4O9S2/c1-18-15-32(19(2)17-33)28(34)24-14-23(30-42(7,35)36)11-12-25(24)40-20(3)10-8-9-13-39-26(18)16-31(6)43(37,38)27-21(4)29-41-22(27)5/h11-12,14,18-20,26,30,33H,8-10,13,15-17H2,1-7H3/t18-,19-,20-,26+/m0/s1. The van der Waals surface area contributed by atoms with Crippen molar-refractivity contribution in [3.8, 4) is 5.75 Å². The van der Waals surface area contributed by atoms with Crippen molar-refractivity contribution in [1.29, 1.82) is 0 Å². The summed E-state index contributed by atoms with van der Waals surface area (Å²) in [4.78, 5) is 15.6. The van der Waals surface area contributed by atoms with Crippen LogP contribution in [-0.4, -0.2) is 100 Å². The number of aryl methyl sites for hydroxylation is 2. The van der Waals surface area contributed by atoms with E-state index in [-0.39, 0.29) is 59.3 Å². The van der Waals surface area contributed by atoms with Crippen LogP contribution in [0.3, 0.4) is 0 Å². The van der Waals surface area contributed by atoms with Gasteiger partial charge in [0.05, 0.1) is 36.7 Å². The van der Waals surface area contributed by atoms with Gasteiger partial charge in [-0.05, 0) is 65.2 Å². The quantitative estimate of drug-likeness (QED) is 0.436. The highest BCUT2D eigenvalue weighted by Crippen LogP contribution is 2.29. The maximum atomic E-state index is 14.1. The fourth-order valence-corrected chi connectivity index (χ4v) is 7.03. The molecule has 1 aromatic carbocycles. The summed E-state index contributed by atoms with van der Waals surface area (Å²) in [5.41, 5.74) is 0.599. The molecule has 0 aliphatic carbocycles. The van der Waals surface area contributed by atoms with Crippen molar-refractivity contribution >= 4 is 31.6 Å². The molecule has 0 saturated carbocycles. The van der Waals surface area contributed by atoms with Crippen LogP contribution in [0.4, 0.5) is 5.69 Å². The second-order valence-corrected chi connectivity index (χ2v) is 15.1. The number of likely N-dealkylation sites (N-methyl/N-ethyl adjacent to an activating group) is 1. The summed E-state index contributed by atoms with van der Waals surface area (Å²) in [6, 6.07) is 3.90. The van der Waals surface area contributed by atoms with Gasteiger partial charge in [0.2, 0.25) is 20.0 Å². The second kappa shape index (κ2) is 14.4. The van der Waals surface area contributed by atoms with Crippen LogP contribution < -0.4 is 9.46 Å². The lowest BCUT2D eigenvalue weighted by Crippen LogP contribution is -2.48. The number of aliphatic hydroxyl groups is 1. The lowest BCUT2D eigenvalue weighted by Gasteiger charge is -2.35. The largest absolute Gasteiger partial charge is 0.490 e. The topological polar surface area (TPSA) is 169 Å². The number of aromatic nitrogens is 1. The van der Waals surface area contributed by atoms with E-state index in [2.05, 4.69) is 9.88 Å². The minimum atomic E-state index is -3.95. The van der Waals surface area contributed by atoms with Gasteiger partial charge in [-0.3, -0.25) is 9.52 Å². The van der Waals surface area contributed by atoms with E-state index in [1.54, 1.807) is 26.8 Å². The van der Waals surface area contributed by atoms with Crippen LogP contribution in [-0.2, 0) is 24.8 Å². The number of anilines is 1. The summed E-state index contributed by atoms with van der Waals surface area (Å²) >= 11 is 0. The Morgan fingerprint density at radius 3 is 2.49 bits per heavy atom. The minimum absolute atomic E-state index is 0.00161. The van der Waals surface area contributed by atoms with Crippen LogP contribution in [0.1, 0.15) is 61.8 Å². The van der Waals surface area contributed by atoms with E-state index in [0.717, 1.165) is 12.7 Å². The van der Waals surface area contributed by atoms with E-state index in [1.807, 2.05) is 13.8 Å². The van der Waals surface area contributed by atoms with Crippen LogP contribution in [0.5, 0.6) is 5.75 Å². The summed E-state index contributed by atoms with van der Waals surface area (Å²) in [6.07, 6.45) is 2.29. The van der Waals surface area contributed by atoms with Gasteiger partial charge in [0.15, 0.2) is 5.76 Å². The third-order valence-electron chi connectivity index (χ3n) is 7.43. The monoisotopic (exact) mass is 644 g/mol. The number of sulfonamides is 2. The number of carbonyl (C=O) groups is 1. The smallest absolute Gasteiger partial charge is 0.258 e. The molecule has 0 fully saturated rings. The zero-order valence-corrected chi connectivity index (χ0v) is 27.5. The third-order valence-corrected chi connectivity index (χ3v) is 10.1. The molecule has 242 valence electrons.